The minimum Gasteiger partial charge on any atom is -0.319 e. The van der Waals surface area contributed by atoms with Gasteiger partial charge in [0.25, 0.3) is 0 Å². The van der Waals surface area contributed by atoms with Crippen molar-refractivity contribution < 1.29 is 0 Å². The summed E-state index contributed by atoms with van der Waals surface area (Å²) in [4.78, 5) is 2.55. The molecule has 0 spiro atoms. The molecular weight excluding hydrogens is 160 g/mol. The van der Waals surface area contributed by atoms with E-state index in [9.17, 15) is 0 Å². The van der Waals surface area contributed by atoms with E-state index >= 15 is 0 Å². The highest BCUT2D eigenvalue weighted by atomic mass is 15.1. The van der Waals surface area contributed by atoms with E-state index < -0.39 is 0 Å². The third kappa shape index (κ3) is 2.96. The summed E-state index contributed by atoms with van der Waals surface area (Å²) in [6.45, 7) is 4.78. The molecule has 0 aromatic heterocycles. The Morgan fingerprint density at radius 3 is 2.77 bits per heavy atom. The van der Waals surface area contributed by atoms with Crippen molar-refractivity contribution in [3.05, 3.63) is 0 Å². The fourth-order valence-corrected chi connectivity index (χ4v) is 2.51. The quantitative estimate of drug-likeness (QED) is 0.715. The highest BCUT2D eigenvalue weighted by Crippen LogP contribution is 2.23. The largest absolute Gasteiger partial charge is 0.319 e. The van der Waals surface area contributed by atoms with Crippen LogP contribution in [0.3, 0.4) is 0 Å². The molecule has 1 rings (SSSR count). The molecule has 2 heteroatoms. The second kappa shape index (κ2) is 5.61. The Labute approximate surface area is 82.7 Å². The van der Waals surface area contributed by atoms with E-state index in [-0.39, 0.29) is 0 Å². The number of piperidine rings is 1. The zero-order valence-electron chi connectivity index (χ0n) is 9.34. The van der Waals surface area contributed by atoms with Crippen LogP contribution in [0.1, 0.15) is 32.6 Å². The number of nitrogens with one attached hydrogen (secondary N) is 1. The highest BCUT2D eigenvalue weighted by Gasteiger charge is 2.25. The van der Waals surface area contributed by atoms with Crippen molar-refractivity contribution in [2.75, 3.05) is 27.2 Å². The lowest BCUT2D eigenvalue weighted by atomic mass is 9.89. The highest BCUT2D eigenvalue weighted by molar-refractivity contribution is 4.81. The molecule has 0 saturated carbocycles. The summed E-state index contributed by atoms with van der Waals surface area (Å²) >= 11 is 0. The predicted octanol–water partition coefficient (Wildman–Crippen LogP) is 1.72. The van der Waals surface area contributed by atoms with Gasteiger partial charge in [0.1, 0.15) is 0 Å². The Morgan fingerprint density at radius 2 is 2.23 bits per heavy atom. The predicted molar refractivity (Wildman–Crippen MR) is 58.0 cm³/mol. The molecule has 0 aromatic carbocycles. The minimum absolute atomic E-state index is 0.825. The Hall–Kier alpha value is -0.0800. The molecule has 0 bridgehead atoms. The summed E-state index contributed by atoms with van der Waals surface area (Å²) in [6.07, 6.45) is 5.52. The van der Waals surface area contributed by atoms with Crippen LogP contribution in [0.5, 0.6) is 0 Å². The maximum absolute atomic E-state index is 3.31. The van der Waals surface area contributed by atoms with Gasteiger partial charge in [-0.2, -0.15) is 0 Å². The molecule has 1 aliphatic heterocycles. The molecule has 1 fully saturated rings. The van der Waals surface area contributed by atoms with Crippen LogP contribution in [0, 0.1) is 5.92 Å². The first-order valence-corrected chi connectivity index (χ1v) is 5.64. The molecule has 0 aromatic rings. The smallest absolute Gasteiger partial charge is 0.0132 e. The van der Waals surface area contributed by atoms with Gasteiger partial charge in [0.05, 0.1) is 0 Å². The van der Waals surface area contributed by atoms with Crippen molar-refractivity contribution in [3.63, 3.8) is 0 Å². The van der Waals surface area contributed by atoms with Crippen LogP contribution in [-0.4, -0.2) is 38.1 Å². The van der Waals surface area contributed by atoms with Gasteiger partial charge in [0.2, 0.25) is 0 Å². The monoisotopic (exact) mass is 184 g/mol. The fraction of sp³-hybridized carbons (Fsp3) is 1.00. The standard InChI is InChI=1S/C11H24N2/c1-4-10(9-12-2)11-7-5-6-8-13(11)3/h10-12H,4-9H2,1-3H3. The number of rotatable bonds is 4. The maximum Gasteiger partial charge on any atom is 0.0132 e. The Bertz CT molecular complexity index is 136. The van der Waals surface area contributed by atoms with Crippen LogP contribution in [0.2, 0.25) is 0 Å². The van der Waals surface area contributed by atoms with Crippen molar-refractivity contribution >= 4 is 0 Å². The van der Waals surface area contributed by atoms with Gasteiger partial charge < -0.3 is 10.2 Å². The number of nitrogens with zero attached hydrogens (tertiary/aromatic N) is 1. The first-order chi connectivity index (χ1) is 6.29. The summed E-state index contributed by atoms with van der Waals surface area (Å²) in [6, 6.07) is 0.825. The second-order valence-electron chi connectivity index (χ2n) is 4.27. The van der Waals surface area contributed by atoms with Crippen LogP contribution in [0.25, 0.3) is 0 Å². The maximum atomic E-state index is 3.31. The van der Waals surface area contributed by atoms with Crippen LogP contribution < -0.4 is 5.32 Å². The zero-order chi connectivity index (χ0) is 9.68. The molecule has 0 aliphatic carbocycles. The molecule has 2 unspecified atom stereocenters. The van der Waals surface area contributed by atoms with Gasteiger partial charge in [-0.25, -0.2) is 0 Å². The minimum atomic E-state index is 0.825. The van der Waals surface area contributed by atoms with Crippen LogP contribution in [-0.2, 0) is 0 Å². The van der Waals surface area contributed by atoms with E-state index in [1.807, 2.05) is 0 Å². The van der Waals surface area contributed by atoms with Gasteiger partial charge in [-0.3, -0.25) is 0 Å². The lowest BCUT2D eigenvalue weighted by molar-refractivity contribution is 0.126. The molecule has 0 radical (unpaired) electrons. The van der Waals surface area contributed by atoms with E-state index in [0.29, 0.717) is 0 Å². The van der Waals surface area contributed by atoms with Gasteiger partial charge in [-0.05, 0) is 45.9 Å². The van der Waals surface area contributed by atoms with Crippen LogP contribution >= 0.6 is 0 Å². The molecule has 1 heterocycles. The molecule has 2 nitrogen and oxygen atoms in total. The molecule has 1 aliphatic rings. The zero-order valence-corrected chi connectivity index (χ0v) is 9.34. The van der Waals surface area contributed by atoms with Crippen molar-refractivity contribution in [2.24, 2.45) is 5.92 Å². The van der Waals surface area contributed by atoms with Gasteiger partial charge >= 0.3 is 0 Å². The Morgan fingerprint density at radius 1 is 1.46 bits per heavy atom. The lowest BCUT2D eigenvalue weighted by Crippen LogP contribution is -2.44. The van der Waals surface area contributed by atoms with Gasteiger partial charge in [0, 0.05) is 6.04 Å². The van der Waals surface area contributed by atoms with Crippen LogP contribution in [0.15, 0.2) is 0 Å². The summed E-state index contributed by atoms with van der Waals surface area (Å²) in [5.41, 5.74) is 0. The second-order valence-corrected chi connectivity index (χ2v) is 4.27. The molecule has 1 N–H and O–H groups in total. The fourth-order valence-electron chi connectivity index (χ4n) is 2.51. The Kier molecular flexibility index (Phi) is 4.74. The molecule has 13 heavy (non-hydrogen) atoms. The normalized spacial score (nSPS) is 27.5. The van der Waals surface area contributed by atoms with Crippen molar-refractivity contribution in [3.8, 4) is 0 Å². The number of hydrogen-bond donors (Lipinski definition) is 1. The van der Waals surface area contributed by atoms with Gasteiger partial charge in [0.15, 0.2) is 0 Å². The molecular formula is C11H24N2. The molecule has 2 atom stereocenters. The Balaban J connectivity index is 2.44. The number of hydrogen-bond acceptors (Lipinski definition) is 2. The van der Waals surface area contributed by atoms with Crippen LogP contribution in [0.4, 0.5) is 0 Å². The summed E-state index contributed by atoms with van der Waals surface area (Å²) < 4.78 is 0. The summed E-state index contributed by atoms with van der Waals surface area (Å²) in [5, 5.41) is 3.31. The third-order valence-corrected chi connectivity index (χ3v) is 3.36. The van der Waals surface area contributed by atoms with E-state index in [2.05, 4.69) is 31.2 Å². The topological polar surface area (TPSA) is 15.3 Å². The van der Waals surface area contributed by atoms with E-state index in [1.54, 1.807) is 0 Å². The summed E-state index contributed by atoms with van der Waals surface area (Å²) in [7, 11) is 4.34. The van der Waals surface area contributed by atoms with E-state index in [4.69, 9.17) is 0 Å². The first kappa shape index (κ1) is 11.0. The van der Waals surface area contributed by atoms with Crippen molar-refractivity contribution in [1.29, 1.82) is 0 Å². The first-order valence-electron chi connectivity index (χ1n) is 5.64. The average Bonchev–Trinajstić information content (AvgIpc) is 2.16. The molecule has 1 saturated heterocycles. The SMILES string of the molecule is CCC(CNC)C1CCCCN1C. The number of likely N-dealkylation sites (tertiary alicyclic amines) is 1. The average molecular weight is 184 g/mol. The third-order valence-electron chi connectivity index (χ3n) is 3.36. The van der Waals surface area contributed by atoms with Crippen molar-refractivity contribution in [1.82, 2.24) is 10.2 Å². The lowest BCUT2D eigenvalue weighted by Gasteiger charge is -2.37. The van der Waals surface area contributed by atoms with Crippen molar-refractivity contribution in [2.45, 2.75) is 38.6 Å². The van der Waals surface area contributed by atoms with E-state index in [1.165, 1.54) is 38.8 Å². The van der Waals surface area contributed by atoms with Gasteiger partial charge in [-0.15, -0.1) is 0 Å². The molecule has 0 amide bonds. The molecule has 78 valence electrons. The van der Waals surface area contributed by atoms with Gasteiger partial charge in [-0.1, -0.05) is 19.8 Å². The summed E-state index contributed by atoms with van der Waals surface area (Å²) in [5.74, 6) is 0.843. The van der Waals surface area contributed by atoms with E-state index in [0.717, 1.165) is 12.0 Å².